The van der Waals surface area contributed by atoms with E-state index in [1.54, 1.807) is 35.6 Å². The second-order valence-electron chi connectivity index (χ2n) is 9.04. The van der Waals surface area contributed by atoms with Crippen molar-refractivity contribution < 1.29 is 24.2 Å². The number of benzene rings is 2. The van der Waals surface area contributed by atoms with E-state index < -0.39 is 17.7 Å². The van der Waals surface area contributed by atoms with Crippen molar-refractivity contribution in [2.24, 2.45) is 0 Å². The number of fused-ring (bicyclic) bond motifs is 1. The van der Waals surface area contributed by atoms with Crippen LogP contribution in [0.2, 0.25) is 0 Å². The standard InChI is InChI=1S/C27H27N3O5/c1-17(2)18-4-6-19(7-5-18)24-23(25(31)20-8-9-21-22(14-20)35-16-34-21)26(32)27(33)30(24)12-3-11-29-13-10-28-15-29/h4-10,13-15,17,24,31H,3,11-12,16H2,1-2H3. The lowest BCUT2D eigenvalue weighted by molar-refractivity contribution is -0.139. The van der Waals surface area contributed by atoms with Crippen molar-refractivity contribution in [3.8, 4) is 11.5 Å². The smallest absolute Gasteiger partial charge is 0.295 e. The number of aliphatic hydroxyl groups is 1. The highest BCUT2D eigenvalue weighted by atomic mass is 16.7. The van der Waals surface area contributed by atoms with Crippen molar-refractivity contribution >= 4 is 17.4 Å². The van der Waals surface area contributed by atoms with Gasteiger partial charge in [-0.3, -0.25) is 9.59 Å². The molecule has 0 aliphatic carbocycles. The van der Waals surface area contributed by atoms with Crippen molar-refractivity contribution in [1.82, 2.24) is 14.5 Å². The first kappa shape index (κ1) is 22.7. The summed E-state index contributed by atoms with van der Waals surface area (Å²) in [6, 6.07) is 12.2. The number of ketones is 1. The van der Waals surface area contributed by atoms with Crippen LogP contribution in [0.3, 0.4) is 0 Å². The molecule has 8 heteroatoms. The first-order valence-corrected chi connectivity index (χ1v) is 11.7. The number of imidazole rings is 1. The van der Waals surface area contributed by atoms with Gasteiger partial charge in [-0.15, -0.1) is 0 Å². The van der Waals surface area contributed by atoms with Gasteiger partial charge in [0.15, 0.2) is 11.5 Å². The molecule has 0 spiro atoms. The van der Waals surface area contributed by atoms with Crippen LogP contribution in [0, 0.1) is 0 Å². The molecule has 3 aromatic rings. The molecular formula is C27H27N3O5. The fourth-order valence-electron chi connectivity index (χ4n) is 4.56. The summed E-state index contributed by atoms with van der Waals surface area (Å²) in [5.41, 5.74) is 2.41. The number of carbonyl (C=O) groups is 2. The third-order valence-electron chi connectivity index (χ3n) is 6.48. The summed E-state index contributed by atoms with van der Waals surface area (Å²) in [7, 11) is 0. The Hall–Kier alpha value is -4.07. The van der Waals surface area contributed by atoms with Crippen molar-refractivity contribution in [1.29, 1.82) is 0 Å². The molecule has 180 valence electrons. The minimum Gasteiger partial charge on any atom is -0.507 e. The second kappa shape index (κ2) is 9.29. The minimum absolute atomic E-state index is 0.0776. The Bertz CT molecular complexity index is 1280. The fraction of sp³-hybridized carbons (Fsp3) is 0.296. The summed E-state index contributed by atoms with van der Waals surface area (Å²) in [4.78, 5) is 32.0. The Morgan fingerprint density at radius 1 is 1.09 bits per heavy atom. The van der Waals surface area contributed by atoms with Crippen LogP contribution in [0.15, 0.2) is 66.8 Å². The normalized spacial score (nSPS) is 18.6. The van der Waals surface area contributed by atoms with Gasteiger partial charge in [-0.05, 0) is 41.7 Å². The molecule has 2 aliphatic rings. The maximum absolute atomic E-state index is 13.2. The zero-order valence-corrected chi connectivity index (χ0v) is 19.7. The average molecular weight is 474 g/mol. The maximum Gasteiger partial charge on any atom is 0.295 e. The highest BCUT2D eigenvalue weighted by Crippen LogP contribution is 2.41. The Labute approximate surface area is 203 Å². The van der Waals surface area contributed by atoms with Crippen LogP contribution < -0.4 is 9.47 Å². The molecule has 1 fully saturated rings. The van der Waals surface area contributed by atoms with E-state index in [1.165, 1.54) is 0 Å². The molecule has 35 heavy (non-hydrogen) atoms. The van der Waals surface area contributed by atoms with E-state index in [2.05, 4.69) is 18.8 Å². The molecule has 1 saturated heterocycles. The van der Waals surface area contributed by atoms with E-state index in [4.69, 9.17) is 9.47 Å². The number of nitrogens with zero attached hydrogens (tertiary/aromatic N) is 3. The number of amides is 1. The quantitative estimate of drug-likeness (QED) is 0.313. The Kier molecular flexibility index (Phi) is 6.03. The number of likely N-dealkylation sites (tertiary alicyclic amines) is 1. The van der Waals surface area contributed by atoms with Crippen LogP contribution in [0.1, 0.15) is 48.9 Å². The van der Waals surface area contributed by atoms with Gasteiger partial charge in [0, 0.05) is 31.0 Å². The largest absolute Gasteiger partial charge is 0.507 e. The number of aryl methyl sites for hydroxylation is 1. The fourth-order valence-corrected chi connectivity index (χ4v) is 4.56. The summed E-state index contributed by atoms with van der Waals surface area (Å²) in [6.07, 6.45) is 5.91. The van der Waals surface area contributed by atoms with Crippen LogP contribution >= 0.6 is 0 Å². The van der Waals surface area contributed by atoms with Gasteiger partial charge in [-0.25, -0.2) is 4.98 Å². The van der Waals surface area contributed by atoms with Gasteiger partial charge in [-0.1, -0.05) is 38.1 Å². The Morgan fingerprint density at radius 3 is 2.57 bits per heavy atom. The molecule has 8 nitrogen and oxygen atoms in total. The summed E-state index contributed by atoms with van der Waals surface area (Å²) in [5.74, 6) is -0.128. The van der Waals surface area contributed by atoms with Crippen LogP contribution in [0.5, 0.6) is 11.5 Å². The van der Waals surface area contributed by atoms with Crippen LogP contribution in [0.4, 0.5) is 0 Å². The van der Waals surface area contributed by atoms with Gasteiger partial charge in [-0.2, -0.15) is 0 Å². The number of aliphatic hydroxyl groups excluding tert-OH is 1. The number of aromatic nitrogens is 2. The van der Waals surface area contributed by atoms with Crippen molar-refractivity contribution in [3.05, 3.63) is 83.4 Å². The lowest BCUT2D eigenvalue weighted by Gasteiger charge is -2.26. The number of ether oxygens (including phenoxy) is 2. The molecule has 1 amide bonds. The third kappa shape index (κ3) is 4.27. The van der Waals surface area contributed by atoms with E-state index in [-0.39, 0.29) is 18.1 Å². The molecule has 1 aromatic heterocycles. The first-order valence-electron chi connectivity index (χ1n) is 11.7. The molecule has 0 saturated carbocycles. The van der Waals surface area contributed by atoms with Gasteiger partial charge in [0.1, 0.15) is 5.76 Å². The number of hydrogen-bond donors (Lipinski definition) is 1. The van der Waals surface area contributed by atoms with Gasteiger partial charge < -0.3 is 24.0 Å². The predicted octanol–water partition coefficient (Wildman–Crippen LogP) is 4.25. The number of hydrogen-bond acceptors (Lipinski definition) is 6. The second-order valence-corrected chi connectivity index (χ2v) is 9.04. The Morgan fingerprint density at radius 2 is 1.86 bits per heavy atom. The van der Waals surface area contributed by atoms with E-state index in [0.717, 1.165) is 11.1 Å². The maximum atomic E-state index is 13.2. The summed E-state index contributed by atoms with van der Waals surface area (Å²) in [5, 5.41) is 11.3. The molecule has 5 rings (SSSR count). The molecular weight excluding hydrogens is 446 g/mol. The zero-order valence-electron chi connectivity index (χ0n) is 19.7. The van der Waals surface area contributed by atoms with Crippen LogP contribution in [-0.2, 0) is 16.1 Å². The minimum atomic E-state index is -0.694. The van der Waals surface area contributed by atoms with E-state index in [1.807, 2.05) is 35.0 Å². The van der Waals surface area contributed by atoms with Gasteiger partial charge in [0.2, 0.25) is 6.79 Å². The molecule has 1 atom stereocenters. The molecule has 3 heterocycles. The summed E-state index contributed by atoms with van der Waals surface area (Å²) in [6.45, 7) is 5.33. The van der Waals surface area contributed by atoms with Crippen LogP contribution in [-0.4, -0.2) is 44.6 Å². The number of carbonyl (C=O) groups excluding carboxylic acids is 2. The molecule has 2 aromatic carbocycles. The lowest BCUT2D eigenvalue weighted by Crippen LogP contribution is -2.31. The highest BCUT2D eigenvalue weighted by molar-refractivity contribution is 6.46. The van der Waals surface area contributed by atoms with E-state index >= 15 is 0 Å². The Balaban J connectivity index is 1.53. The monoisotopic (exact) mass is 473 g/mol. The number of rotatable bonds is 7. The van der Waals surface area contributed by atoms with Crippen molar-refractivity contribution in [2.75, 3.05) is 13.3 Å². The van der Waals surface area contributed by atoms with E-state index in [0.29, 0.717) is 42.5 Å². The van der Waals surface area contributed by atoms with Crippen molar-refractivity contribution in [3.63, 3.8) is 0 Å². The van der Waals surface area contributed by atoms with E-state index in [9.17, 15) is 14.7 Å². The summed E-state index contributed by atoms with van der Waals surface area (Å²) >= 11 is 0. The predicted molar refractivity (Wildman–Crippen MR) is 129 cm³/mol. The summed E-state index contributed by atoms with van der Waals surface area (Å²) < 4.78 is 12.7. The van der Waals surface area contributed by atoms with Gasteiger partial charge in [0.05, 0.1) is 17.9 Å². The van der Waals surface area contributed by atoms with Crippen molar-refractivity contribution in [2.45, 2.75) is 38.8 Å². The topological polar surface area (TPSA) is 93.9 Å². The third-order valence-corrected chi connectivity index (χ3v) is 6.48. The molecule has 0 radical (unpaired) electrons. The molecule has 0 bridgehead atoms. The zero-order chi connectivity index (χ0) is 24.5. The molecule has 2 aliphatic heterocycles. The lowest BCUT2D eigenvalue weighted by atomic mass is 9.93. The van der Waals surface area contributed by atoms with Gasteiger partial charge in [0.25, 0.3) is 11.7 Å². The van der Waals surface area contributed by atoms with Gasteiger partial charge >= 0.3 is 0 Å². The first-order chi connectivity index (χ1) is 16.9. The SMILES string of the molecule is CC(C)c1ccc(C2C(=C(O)c3ccc4c(c3)OCO4)C(=O)C(=O)N2CCCn2ccnc2)cc1. The average Bonchev–Trinajstić information content (AvgIpc) is 3.60. The molecule has 1 N–H and O–H groups in total. The van der Waals surface area contributed by atoms with Crippen LogP contribution in [0.25, 0.3) is 5.76 Å². The number of Topliss-reactive ketones (excluding diaryl/α,β-unsaturated/α-hetero) is 1. The molecule has 1 unspecified atom stereocenters. The highest BCUT2D eigenvalue weighted by Gasteiger charge is 2.45.